The summed E-state index contributed by atoms with van der Waals surface area (Å²) in [5.41, 5.74) is 5.88. The van der Waals surface area contributed by atoms with Gasteiger partial charge in [-0.1, -0.05) is 18.2 Å². The lowest BCUT2D eigenvalue weighted by atomic mass is 10.0. The number of fused-ring (bicyclic) bond motifs is 1. The molecule has 142 valence electrons. The average Bonchev–Trinajstić information content (AvgIpc) is 3.34. The van der Waals surface area contributed by atoms with E-state index in [0.717, 1.165) is 33.5 Å². The van der Waals surface area contributed by atoms with Crippen LogP contribution in [0, 0.1) is 19.7 Å². The normalized spacial score (nSPS) is 11.1. The van der Waals surface area contributed by atoms with Crippen molar-refractivity contribution in [3.05, 3.63) is 76.9 Å². The van der Waals surface area contributed by atoms with Gasteiger partial charge in [0.05, 0.1) is 11.2 Å². The molecule has 6 heteroatoms. The SMILES string of the molecule is Cc1[nH]c2c(F)ccc(C)c2c1CCNC(=O)c1cccc(-c2ccn[nH]2)c1. The van der Waals surface area contributed by atoms with Gasteiger partial charge in [-0.15, -0.1) is 0 Å². The maximum absolute atomic E-state index is 14.1. The Morgan fingerprint density at radius 3 is 2.82 bits per heavy atom. The van der Waals surface area contributed by atoms with E-state index in [0.29, 0.717) is 24.0 Å². The Balaban J connectivity index is 1.48. The molecule has 0 bridgehead atoms. The van der Waals surface area contributed by atoms with Crippen LogP contribution in [0.1, 0.15) is 27.2 Å². The second-order valence-corrected chi connectivity index (χ2v) is 6.90. The number of halogens is 1. The zero-order valence-electron chi connectivity index (χ0n) is 15.8. The summed E-state index contributed by atoms with van der Waals surface area (Å²) >= 11 is 0. The Morgan fingerprint density at radius 2 is 2.04 bits per heavy atom. The van der Waals surface area contributed by atoms with Gasteiger partial charge in [-0.3, -0.25) is 9.89 Å². The molecule has 4 aromatic rings. The number of aryl methyl sites for hydroxylation is 2. The number of nitrogens with one attached hydrogen (secondary N) is 3. The van der Waals surface area contributed by atoms with E-state index in [-0.39, 0.29) is 11.7 Å². The first-order chi connectivity index (χ1) is 13.5. The lowest BCUT2D eigenvalue weighted by Gasteiger charge is -2.08. The maximum Gasteiger partial charge on any atom is 0.251 e. The molecule has 2 heterocycles. The van der Waals surface area contributed by atoms with Crippen molar-refractivity contribution in [2.45, 2.75) is 20.3 Å². The predicted octanol–water partition coefficient (Wildman–Crippen LogP) is 4.29. The second-order valence-electron chi connectivity index (χ2n) is 6.90. The Bertz CT molecular complexity index is 1150. The summed E-state index contributed by atoms with van der Waals surface area (Å²) in [6.07, 6.45) is 2.30. The summed E-state index contributed by atoms with van der Waals surface area (Å²) in [7, 11) is 0. The highest BCUT2D eigenvalue weighted by atomic mass is 19.1. The van der Waals surface area contributed by atoms with Crippen molar-refractivity contribution in [2.24, 2.45) is 0 Å². The fraction of sp³-hybridized carbons (Fsp3) is 0.182. The first kappa shape index (κ1) is 18.0. The zero-order valence-corrected chi connectivity index (χ0v) is 15.8. The number of aromatic nitrogens is 3. The van der Waals surface area contributed by atoms with Gasteiger partial charge in [-0.2, -0.15) is 5.10 Å². The third-order valence-corrected chi connectivity index (χ3v) is 5.03. The number of benzene rings is 2. The highest BCUT2D eigenvalue weighted by Gasteiger charge is 2.14. The molecule has 0 saturated carbocycles. The van der Waals surface area contributed by atoms with Gasteiger partial charge in [0.15, 0.2) is 0 Å². The van der Waals surface area contributed by atoms with Crippen molar-refractivity contribution in [1.82, 2.24) is 20.5 Å². The van der Waals surface area contributed by atoms with Crippen LogP contribution in [-0.2, 0) is 6.42 Å². The lowest BCUT2D eigenvalue weighted by molar-refractivity contribution is 0.0954. The third kappa shape index (κ3) is 3.29. The average molecular weight is 376 g/mol. The highest BCUT2D eigenvalue weighted by molar-refractivity contribution is 5.95. The molecular formula is C22H21FN4O. The quantitative estimate of drug-likeness (QED) is 0.486. The summed E-state index contributed by atoms with van der Waals surface area (Å²) in [4.78, 5) is 15.7. The summed E-state index contributed by atoms with van der Waals surface area (Å²) < 4.78 is 14.1. The molecule has 0 saturated heterocycles. The van der Waals surface area contributed by atoms with E-state index in [1.54, 1.807) is 18.3 Å². The van der Waals surface area contributed by atoms with Crippen LogP contribution in [0.2, 0.25) is 0 Å². The van der Waals surface area contributed by atoms with Crippen LogP contribution >= 0.6 is 0 Å². The van der Waals surface area contributed by atoms with Crippen molar-refractivity contribution in [3.63, 3.8) is 0 Å². The summed E-state index contributed by atoms with van der Waals surface area (Å²) in [6, 6.07) is 12.5. The van der Waals surface area contributed by atoms with Gasteiger partial charge in [0.25, 0.3) is 5.91 Å². The van der Waals surface area contributed by atoms with E-state index in [9.17, 15) is 9.18 Å². The van der Waals surface area contributed by atoms with Gasteiger partial charge in [0, 0.05) is 34.9 Å². The molecule has 0 unspecified atom stereocenters. The van der Waals surface area contributed by atoms with E-state index in [4.69, 9.17) is 0 Å². The molecule has 28 heavy (non-hydrogen) atoms. The minimum absolute atomic E-state index is 0.137. The van der Waals surface area contributed by atoms with E-state index in [1.165, 1.54) is 6.07 Å². The van der Waals surface area contributed by atoms with E-state index < -0.39 is 0 Å². The standard InChI is InChI=1S/C22H21FN4O/c1-13-6-7-18(23)21-20(13)17(14(2)26-21)8-10-24-22(28)16-5-3-4-15(12-16)19-9-11-25-27-19/h3-7,9,11-12,26H,8,10H2,1-2H3,(H,24,28)(H,25,27). The summed E-state index contributed by atoms with van der Waals surface area (Å²) in [5, 5.41) is 10.7. The fourth-order valence-electron chi connectivity index (χ4n) is 3.60. The van der Waals surface area contributed by atoms with Gasteiger partial charge in [0.2, 0.25) is 0 Å². The number of rotatable bonds is 5. The monoisotopic (exact) mass is 376 g/mol. The molecule has 2 aromatic heterocycles. The van der Waals surface area contributed by atoms with Crippen LogP contribution in [0.3, 0.4) is 0 Å². The second kappa shape index (κ2) is 7.31. The molecular weight excluding hydrogens is 355 g/mol. The molecule has 0 aliphatic carbocycles. The Morgan fingerprint density at radius 1 is 1.18 bits per heavy atom. The van der Waals surface area contributed by atoms with E-state index in [1.807, 2.05) is 38.1 Å². The van der Waals surface area contributed by atoms with Gasteiger partial charge >= 0.3 is 0 Å². The number of carbonyl (C=O) groups is 1. The molecule has 0 aliphatic heterocycles. The van der Waals surface area contributed by atoms with Gasteiger partial charge in [-0.25, -0.2) is 4.39 Å². The molecule has 0 aliphatic rings. The van der Waals surface area contributed by atoms with E-state index in [2.05, 4.69) is 20.5 Å². The molecule has 4 rings (SSSR count). The fourth-order valence-corrected chi connectivity index (χ4v) is 3.60. The summed E-state index contributed by atoms with van der Waals surface area (Å²) in [6.45, 7) is 4.37. The third-order valence-electron chi connectivity index (χ3n) is 5.03. The van der Waals surface area contributed by atoms with Crippen LogP contribution in [0.4, 0.5) is 4.39 Å². The van der Waals surface area contributed by atoms with Crippen LogP contribution in [0.5, 0.6) is 0 Å². The van der Waals surface area contributed by atoms with Crippen molar-refractivity contribution in [2.75, 3.05) is 6.54 Å². The molecule has 0 fully saturated rings. The largest absolute Gasteiger partial charge is 0.356 e. The first-order valence-electron chi connectivity index (χ1n) is 9.19. The predicted molar refractivity (Wildman–Crippen MR) is 108 cm³/mol. The first-order valence-corrected chi connectivity index (χ1v) is 9.19. The Kier molecular flexibility index (Phi) is 4.69. The van der Waals surface area contributed by atoms with Crippen LogP contribution in [0.25, 0.3) is 22.2 Å². The number of nitrogens with zero attached hydrogens (tertiary/aromatic N) is 1. The van der Waals surface area contributed by atoms with Gasteiger partial charge in [0.1, 0.15) is 5.82 Å². The highest BCUT2D eigenvalue weighted by Crippen LogP contribution is 2.27. The van der Waals surface area contributed by atoms with Crippen molar-refractivity contribution in [1.29, 1.82) is 0 Å². The van der Waals surface area contributed by atoms with Crippen LogP contribution in [-0.4, -0.2) is 27.6 Å². The topological polar surface area (TPSA) is 73.6 Å². The molecule has 1 amide bonds. The maximum atomic E-state index is 14.1. The molecule has 3 N–H and O–H groups in total. The number of hydrogen-bond acceptors (Lipinski definition) is 2. The molecule has 0 atom stereocenters. The number of aromatic amines is 2. The Labute approximate surface area is 162 Å². The smallest absolute Gasteiger partial charge is 0.251 e. The summed E-state index contributed by atoms with van der Waals surface area (Å²) in [5.74, 6) is -0.392. The molecule has 0 radical (unpaired) electrons. The molecule has 2 aromatic carbocycles. The Hall–Kier alpha value is -3.41. The minimum Gasteiger partial charge on any atom is -0.356 e. The number of amides is 1. The van der Waals surface area contributed by atoms with Gasteiger partial charge < -0.3 is 10.3 Å². The number of hydrogen-bond donors (Lipinski definition) is 3. The number of H-pyrrole nitrogens is 2. The lowest BCUT2D eigenvalue weighted by Crippen LogP contribution is -2.25. The van der Waals surface area contributed by atoms with Crippen molar-refractivity contribution in [3.8, 4) is 11.3 Å². The van der Waals surface area contributed by atoms with Gasteiger partial charge in [-0.05, 0) is 55.7 Å². The van der Waals surface area contributed by atoms with Crippen molar-refractivity contribution < 1.29 is 9.18 Å². The molecule has 0 spiro atoms. The van der Waals surface area contributed by atoms with E-state index >= 15 is 0 Å². The van der Waals surface area contributed by atoms with Crippen LogP contribution in [0.15, 0.2) is 48.7 Å². The molecule has 5 nitrogen and oxygen atoms in total. The van der Waals surface area contributed by atoms with Crippen LogP contribution < -0.4 is 5.32 Å². The van der Waals surface area contributed by atoms with Crippen molar-refractivity contribution >= 4 is 16.8 Å². The zero-order chi connectivity index (χ0) is 19.7. The minimum atomic E-state index is -0.255. The number of carbonyl (C=O) groups excluding carboxylic acids is 1.